The van der Waals surface area contributed by atoms with E-state index in [-0.39, 0.29) is 11.5 Å². The molecular formula is C21H25N3O4. The summed E-state index contributed by atoms with van der Waals surface area (Å²) in [5.74, 6) is 0.0397. The summed E-state index contributed by atoms with van der Waals surface area (Å²) in [7, 11) is 0. The minimum Gasteiger partial charge on any atom is -0.449 e. The quantitative estimate of drug-likeness (QED) is 0.760. The number of esters is 1. The van der Waals surface area contributed by atoms with Crippen LogP contribution in [0.2, 0.25) is 0 Å². The summed E-state index contributed by atoms with van der Waals surface area (Å²) in [4.78, 5) is 44.0. The SMILES string of the molecule is CC(OC(=O)c1ccc2c(=O)n3c(nc2c1)CCC3)C(=O)N1CCCCCC1. The Balaban J connectivity index is 1.51. The van der Waals surface area contributed by atoms with Gasteiger partial charge < -0.3 is 9.64 Å². The molecule has 2 aliphatic rings. The number of fused-ring (bicyclic) bond motifs is 2. The second kappa shape index (κ2) is 7.73. The van der Waals surface area contributed by atoms with Crippen molar-refractivity contribution in [1.29, 1.82) is 0 Å². The molecule has 7 nitrogen and oxygen atoms in total. The van der Waals surface area contributed by atoms with E-state index in [2.05, 4.69) is 4.98 Å². The van der Waals surface area contributed by atoms with Gasteiger partial charge in [-0.15, -0.1) is 0 Å². The van der Waals surface area contributed by atoms with Crippen molar-refractivity contribution in [3.05, 3.63) is 39.9 Å². The molecule has 1 unspecified atom stereocenters. The van der Waals surface area contributed by atoms with Gasteiger partial charge in [0.05, 0.1) is 16.5 Å². The molecule has 1 fully saturated rings. The zero-order valence-corrected chi connectivity index (χ0v) is 16.1. The standard InChI is InChI=1S/C21H25N3O4/c1-14(19(25)23-10-4-2-3-5-11-23)28-21(27)15-8-9-16-17(13-15)22-18-7-6-12-24(18)20(16)26/h8-9,13-14H,2-7,10-12H2,1H3. The molecule has 1 saturated heterocycles. The lowest BCUT2D eigenvalue weighted by Gasteiger charge is -2.24. The van der Waals surface area contributed by atoms with Gasteiger partial charge in [-0.2, -0.15) is 0 Å². The van der Waals surface area contributed by atoms with E-state index in [1.165, 1.54) is 0 Å². The van der Waals surface area contributed by atoms with Crippen LogP contribution in [0.15, 0.2) is 23.0 Å². The molecule has 3 heterocycles. The predicted molar refractivity (Wildman–Crippen MR) is 104 cm³/mol. The van der Waals surface area contributed by atoms with E-state index in [1.807, 2.05) is 0 Å². The number of aromatic nitrogens is 2. The lowest BCUT2D eigenvalue weighted by atomic mass is 10.1. The van der Waals surface area contributed by atoms with Crippen molar-refractivity contribution in [3.63, 3.8) is 0 Å². The van der Waals surface area contributed by atoms with Crippen molar-refractivity contribution < 1.29 is 14.3 Å². The van der Waals surface area contributed by atoms with Crippen LogP contribution in [0.25, 0.3) is 10.9 Å². The lowest BCUT2D eigenvalue weighted by molar-refractivity contribution is -0.139. The van der Waals surface area contributed by atoms with Gasteiger partial charge in [0.2, 0.25) is 0 Å². The third-order valence-electron chi connectivity index (χ3n) is 5.60. The highest BCUT2D eigenvalue weighted by molar-refractivity contribution is 5.95. The van der Waals surface area contributed by atoms with Crippen LogP contribution in [0.4, 0.5) is 0 Å². The minimum atomic E-state index is -0.833. The second-order valence-electron chi connectivity index (χ2n) is 7.61. The Labute approximate surface area is 163 Å². The van der Waals surface area contributed by atoms with Gasteiger partial charge in [-0.3, -0.25) is 14.2 Å². The number of rotatable bonds is 3. The molecule has 1 aromatic carbocycles. The summed E-state index contributed by atoms with van der Waals surface area (Å²) >= 11 is 0. The fraction of sp³-hybridized carbons (Fsp3) is 0.524. The van der Waals surface area contributed by atoms with Crippen molar-refractivity contribution in [2.24, 2.45) is 0 Å². The third-order valence-corrected chi connectivity index (χ3v) is 5.60. The summed E-state index contributed by atoms with van der Waals surface area (Å²) in [6.45, 7) is 3.74. The maximum atomic E-state index is 12.6. The Morgan fingerprint density at radius 3 is 2.57 bits per heavy atom. The van der Waals surface area contributed by atoms with Gasteiger partial charge in [-0.05, 0) is 44.4 Å². The van der Waals surface area contributed by atoms with Gasteiger partial charge in [-0.1, -0.05) is 12.8 Å². The van der Waals surface area contributed by atoms with Crippen LogP contribution in [0, 0.1) is 0 Å². The third kappa shape index (κ3) is 3.53. The molecule has 1 aromatic heterocycles. The highest BCUT2D eigenvalue weighted by atomic mass is 16.5. The smallest absolute Gasteiger partial charge is 0.338 e. The zero-order chi connectivity index (χ0) is 19.7. The maximum absolute atomic E-state index is 12.6. The fourth-order valence-corrected chi connectivity index (χ4v) is 4.04. The Morgan fingerprint density at radius 2 is 1.82 bits per heavy atom. The van der Waals surface area contributed by atoms with Crippen LogP contribution >= 0.6 is 0 Å². The van der Waals surface area contributed by atoms with Gasteiger partial charge in [-0.25, -0.2) is 9.78 Å². The maximum Gasteiger partial charge on any atom is 0.338 e. The number of carbonyl (C=O) groups excluding carboxylic acids is 2. The van der Waals surface area contributed by atoms with Crippen LogP contribution in [0.1, 0.15) is 55.2 Å². The Bertz CT molecular complexity index is 974. The Hall–Kier alpha value is -2.70. The molecule has 148 valence electrons. The van der Waals surface area contributed by atoms with Gasteiger partial charge in [0.1, 0.15) is 5.82 Å². The summed E-state index contributed by atoms with van der Waals surface area (Å²) in [6, 6.07) is 4.77. The molecule has 28 heavy (non-hydrogen) atoms. The molecular weight excluding hydrogens is 358 g/mol. The van der Waals surface area contributed by atoms with Crippen LogP contribution in [-0.2, 0) is 22.5 Å². The van der Waals surface area contributed by atoms with Crippen molar-refractivity contribution in [3.8, 4) is 0 Å². The molecule has 0 spiro atoms. The molecule has 4 rings (SSSR count). The average molecular weight is 383 g/mol. The summed E-state index contributed by atoms with van der Waals surface area (Å²) in [6.07, 6.45) is 5.08. The molecule has 2 aromatic rings. The largest absolute Gasteiger partial charge is 0.449 e. The summed E-state index contributed by atoms with van der Waals surface area (Å²) < 4.78 is 7.12. The first kappa shape index (κ1) is 18.7. The van der Waals surface area contributed by atoms with Crippen molar-refractivity contribution in [2.75, 3.05) is 13.1 Å². The Kier molecular flexibility index (Phi) is 5.15. The predicted octanol–water partition coefficient (Wildman–Crippen LogP) is 2.29. The molecule has 7 heteroatoms. The van der Waals surface area contributed by atoms with Crippen molar-refractivity contribution >= 4 is 22.8 Å². The number of ether oxygens (including phenoxy) is 1. The monoisotopic (exact) mass is 383 g/mol. The van der Waals surface area contributed by atoms with E-state index in [1.54, 1.807) is 34.6 Å². The number of amides is 1. The normalized spacial score (nSPS) is 17.8. The molecule has 2 aliphatic heterocycles. The van der Waals surface area contributed by atoms with Crippen LogP contribution < -0.4 is 5.56 Å². The minimum absolute atomic E-state index is 0.0675. The molecule has 0 radical (unpaired) electrons. The molecule has 0 saturated carbocycles. The topological polar surface area (TPSA) is 81.5 Å². The number of carbonyl (C=O) groups is 2. The molecule has 1 atom stereocenters. The number of hydrogen-bond donors (Lipinski definition) is 0. The number of likely N-dealkylation sites (tertiary alicyclic amines) is 1. The fourth-order valence-electron chi connectivity index (χ4n) is 4.04. The van der Waals surface area contributed by atoms with E-state index in [4.69, 9.17) is 4.74 Å². The zero-order valence-electron chi connectivity index (χ0n) is 16.1. The van der Waals surface area contributed by atoms with Crippen LogP contribution in [0.3, 0.4) is 0 Å². The molecule has 1 amide bonds. The lowest BCUT2D eigenvalue weighted by Crippen LogP contribution is -2.40. The van der Waals surface area contributed by atoms with E-state index in [0.717, 1.165) is 57.4 Å². The van der Waals surface area contributed by atoms with E-state index in [9.17, 15) is 14.4 Å². The van der Waals surface area contributed by atoms with Crippen LogP contribution in [0.5, 0.6) is 0 Å². The van der Waals surface area contributed by atoms with E-state index >= 15 is 0 Å². The first-order chi connectivity index (χ1) is 13.5. The first-order valence-corrected chi connectivity index (χ1v) is 10.1. The summed E-state index contributed by atoms with van der Waals surface area (Å²) in [5.41, 5.74) is 0.735. The first-order valence-electron chi connectivity index (χ1n) is 10.1. The number of aryl methyl sites for hydroxylation is 1. The Morgan fingerprint density at radius 1 is 1.07 bits per heavy atom. The van der Waals surface area contributed by atoms with E-state index in [0.29, 0.717) is 23.0 Å². The highest BCUT2D eigenvalue weighted by Crippen LogP contribution is 2.18. The van der Waals surface area contributed by atoms with Crippen molar-refractivity contribution in [2.45, 2.75) is 58.1 Å². The van der Waals surface area contributed by atoms with Gasteiger partial charge in [0.25, 0.3) is 11.5 Å². The van der Waals surface area contributed by atoms with Gasteiger partial charge in [0, 0.05) is 26.1 Å². The second-order valence-corrected chi connectivity index (χ2v) is 7.61. The number of nitrogens with zero attached hydrogens (tertiary/aromatic N) is 3. The number of benzene rings is 1. The average Bonchev–Trinajstić information content (AvgIpc) is 3.00. The molecule has 0 N–H and O–H groups in total. The molecule has 0 aliphatic carbocycles. The summed E-state index contributed by atoms with van der Waals surface area (Å²) in [5, 5.41) is 0.496. The van der Waals surface area contributed by atoms with E-state index < -0.39 is 12.1 Å². The van der Waals surface area contributed by atoms with Gasteiger partial charge >= 0.3 is 5.97 Å². The van der Waals surface area contributed by atoms with Gasteiger partial charge in [0.15, 0.2) is 6.10 Å². The molecule has 0 bridgehead atoms. The highest BCUT2D eigenvalue weighted by Gasteiger charge is 2.25. The number of hydrogen-bond acceptors (Lipinski definition) is 5. The van der Waals surface area contributed by atoms with Crippen LogP contribution in [-0.4, -0.2) is 45.5 Å². The van der Waals surface area contributed by atoms with Crippen molar-refractivity contribution in [1.82, 2.24) is 14.5 Å².